The first-order valence-electron chi connectivity index (χ1n) is 10.6. The Morgan fingerprint density at radius 2 is 2.07 bits per heavy atom. The molecule has 4 heteroatoms. The quantitative estimate of drug-likeness (QED) is 0.164. The number of allylic oxidation sites excluding steroid dienone is 4. The molecule has 1 aliphatic carbocycles. The first-order valence-corrected chi connectivity index (χ1v) is 10.6. The van der Waals surface area contributed by atoms with Gasteiger partial charge in [0.1, 0.15) is 5.78 Å². The fourth-order valence-electron chi connectivity index (χ4n) is 3.68. The zero-order chi connectivity index (χ0) is 21.0. The second-order valence-electron chi connectivity index (χ2n) is 8.44. The molecule has 158 valence electrons. The van der Waals surface area contributed by atoms with Crippen LogP contribution in [0.3, 0.4) is 0 Å². The van der Waals surface area contributed by atoms with Crippen LogP contribution in [0.1, 0.15) is 72.1 Å². The minimum atomic E-state index is -0.482. The van der Waals surface area contributed by atoms with Crippen LogP contribution in [0.2, 0.25) is 0 Å². The van der Waals surface area contributed by atoms with E-state index < -0.39 is 6.10 Å². The van der Waals surface area contributed by atoms with E-state index in [-0.39, 0.29) is 23.2 Å². The van der Waals surface area contributed by atoms with Crippen molar-refractivity contribution in [3.8, 4) is 0 Å². The number of carbonyl (C=O) groups excluding carboxylic acids is 2. The summed E-state index contributed by atoms with van der Waals surface area (Å²) in [6, 6.07) is 0. The van der Waals surface area contributed by atoms with E-state index in [1.54, 1.807) is 6.08 Å². The van der Waals surface area contributed by atoms with Crippen molar-refractivity contribution in [3.63, 3.8) is 0 Å². The average Bonchev–Trinajstić information content (AvgIpc) is 3.02. The van der Waals surface area contributed by atoms with Gasteiger partial charge in [0.15, 0.2) is 0 Å². The van der Waals surface area contributed by atoms with Gasteiger partial charge in [0.2, 0.25) is 0 Å². The number of rotatable bonds is 12. The van der Waals surface area contributed by atoms with Gasteiger partial charge < -0.3 is 9.84 Å². The molecule has 3 atom stereocenters. The summed E-state index contributed by atoms with van der Waals surface area (Å²) in [5.41, 5.74) is -0.140. The van der Waals surface area contributed by atoms with E-state index in [1.807, 2.05) is 18.2 Å². The Morgan fingerprint density at radius 3 is 2.75 bits per heavy atom. The SMILES string of the molecule is CCCCCC(C)(C)C(O)/C=C/C1CCC(=O)C1CCC=C/C=C/C(=O)OC. The number of methoxy groups -OCH3 is 1. The van der Waals surface area contributed by atoms with Crippen LogP contribution in [-0.2, 0) is 14.3 Å². The summed E-state index contributed by atoms with van der Waals surface area (Å²) >= 11 is 0. The molecule has 0 spiro atoms. The van der Waals surface area contributed by atoms with Crippen LogP contribution >= 0.6 is 0 Å². The van der Waals surface area contributed by atoms with Crippen molar-refractivity contribution in [2.75, 3.05) is 7.11 Å². The number of hydrogen-bond donors (Lipinski definition) is 1. The van der Waals surface area contributed by atoms with E-state index >= 15 is 0 Å². The van der Waals surface area contributed by atoms with Crippen LogP contribution in [0, 0.1) is 17.3 Å². The molecule has 3 unspecified atom stereocenters. The largest absolute Gasteiger partial charge is 0.466 e. The van der Waals surface area contributed by atoms with Gasteiger partial charge in [-0.05, 0) is 37.0 Å². The van der Waals surface area contributed by atoms with Gasteiger partial charge in [0, 0.05) is 18.4 Å². The van der Waals surface area contributed by atoms with E-state index in [9.17, 15) is 14.7 Å². The van der Waals surface area contributed by atoms with Gasteiger partial charge in [0.05, 0.1) is 13.2 Å². The molecule has 0 heterocycles. The summed E-state index contributed by atoms with van der Waals surface area (Å²) in [5, 5.41) is 10.6. The molecular weight excluding hydrogens is 352 g/mol. The molecule has 0 radical (unpaired) electrons. The number of carbonyl (C=O) groups is 2. The third-order valence-electron chi connectivity index (χ3n) is 5.75. The Morgan fingerprint density at radius 1 is 1.32 bits per heavy atom. The minimum absolute atomic E-state index is 0.0286. The molecule has 28 heavy (non-hydrogen) atoms. The predicted octanol–water partition coefficient (Wildman–Crippen LogP) is 5.17. The Bertz CT molecular complexity index is 571. The second kappa shape index (κ2) is 12.7. The Labute approximate surface area is 170 Å². The lowest BCUT2D eigenvalue weighted by atomic mass is 9.80. The lowest BCUT2D eigenvalue weighted by molar-refractivity contribution is -0.134. The first kappa shape index (κ1) is 24.4. The molecule has 1 fully saturated rings. The van der Waals surface area contributed by atoms with E-state index in [0.29, 0.717) is 12.2 Å². The van der Waals surface area contributed by atoms with Gasteiger partial charge >= 0.3 is 5.97 Å². The summed E-state index contributed by atoms with van der Waals surface area (Å²) in [4.78, 5) is 23.2. The van der Waals surface area contributed by atoms with E-state index in [0.717, 1.165) is 32.1 Å². The van der Waals surface area contributed by atoms with Crippen molar-refractivity contribution >= 4 is 11.8 Å². The van der Waals surface area contributed by atoms with Gasteiger partial charge in [-0.15, -0.1) is 0 Å². The van der Waals surface area contributed by atoms with Crippen LogP contribution in [0.5, 0.6) is 0 Å². The zero-order valence-corrected chi connectivity index (χ0v) is 18.0. The smallest absolute Gasteiger partial charge is 0.330 e. The highest BCUT2D eigenvalue weighted by Crippen LogP contribution is 2.35. The summed E-state index contributed by atoms with van der Waals surface area (Å²) in [6.07, 6.45) is 17.9. The predicted molar refractivity (Wildman–Crippen MR) is 114 cm³/mol. The zero-order valence-electron chi connectivity index (χ0n) is 18.0. The Kier molecular flexibility index (Phi) is 11.1. The lowest BCUT2D eigenvalue weighted by Gasteiger charge is -2.29. The minimum Gasteiger partial charge on any atom is -0.466 e. The van der Waals surface area contributed by atoms with Crippen molar-refractivity contribution in [2.24, 2.45) is 17.3 Å². The highest BCUT2D eigenvalue weighted by molar-refractivity contribution is 5.83. The van der Waals surface area contributed by atoms with Gasteiger partial charge in [-0.1, -0.05) is 70.4 Å². The summed E-state index contributed by atoms with van der Waals surface area (Å²) in [5.74, 6) is 0.190. The van der Waals surface area contributed by atoms with Gasteiger partial charge in [-0.2, -0.15) is 0 Å². The number of esters is 1. The van der Waals surface area contributed by atoms with Crippen LogP contribution in [-0.4, -0.2) is 30.1 Å². The van der Waals surface area contributed by atoms with Crippen LogP contribution in [0.15, 0.2) is 36.5 Å². The highest BCUT2D eigenvalue weighted by atomic mass is 16.5. The van der Waals surface area contributed by atoms with Gasteiger partial charge in [-0.3, -0.25) is 4.79 Å². The maximum absolute atomic E-state index is 12.3. The van der Waals surface area contributed by atoms with E-state index in [1.165, 1.54) is 26.0 Å². The standard InChI is InChI=1S/C24H38O4/c1-5-6-11-18-24(2,3)22(26)17-15-19-14-16-21(25)20(19)12-9-7-8-10-13-23(27)28-4/h7-8,10,13,15,17,19-20,22,26H,5-6,9,11-12,14,16,18H2,1-4H3/b8-7?,13-10+,17-15+. The summed E-state index contributed by atoms with van der Waals surface area (Å²) in [6.45, 7) is 6.41. The molecule has 0 amide bonds. The molecule has 1 aliphatic rings. The van der Waals surface area contributed by atoms with Crippen molar-refractivity contribution in [3.05, 3.63) is 36.5 Å². The van der Waals surface area contributed by atoms with Gasteiger partial charge in [0.25, 0.3) is 0 Å². The molecule has 0 aromatic rings. The fraction of sp³-hybridized carbons (Fsp3) is 0.667. The number of ether oxygens (including phenoxy) is 1. The molecule has 1 saturated carbocycles. The van der Waals surface area contributed by atoms with Crippen LogP contribution in [0.4, 0.5) is 0 Å². The molecule has 0 bridgehead atoms. The Hall–Kier alpha value is -1.68. The maximum atomic E-state index is 12.3. The third kappa shape index (κ3) is 8.55. The second-order valence-corrected chi connectivity index (χ2v) is 8.44. The maximum Gasteiger partial charge on any atom is 0.330 e. The van der Waals surface area contributed by atoms with E-state index in [2.05, 4.69) is 31.6 Å². The average molecular weight is 391 g/mol. The molecule has 0 saturated heterocycles. The van der Waals surface area contributed by atoms with Crippen LogP contribution < -0.4 is 0 Å². The Balaban J connectivity index is 2.54. The molecule has 0 aliphatic heterocycles. The molecule has 0 aromatic carbocycles. The van der Waals surface area contributed by atoms with Crippen molar-refractivity contribution in [1.82, 2.24) is 0 Å². The number of aliphatic hydroxyl groups is 1. The first-order chi connectivity index (χ1) is 13.3. The van der Waals surface area contributed by atoms with E-state index in [4.69, 9.17) is 0 Å². The summed E-state index contributed by atoms with van der Waals surface area (Å²) in [7, 11) is 1.35. The topological polar surface area (TPSA) is 63.6 Å². The monoisotopic (exact) mass is 390 g/mol. The number of Topliss-reactive ketones (excluding diaryl/α,β-unsaturated/α-hetero) is 1. The summed E-state index contributed by atoms with van der Waals surface area (Å²) < 4.78 is 4.53. The molecular formula is C24H38O4. The molecule has 4 nitrogen and oxygen atoms in total. The van der Waals surface area contributed by atoms with Crippen molar-refractivity contribution in [1.29, 1.82) is 0 Å². The highest BCUT2D eigenvalue weighted by Gasteiger charge is 2.33. The van der Waals surface area contributed by atoms with Crippen molar-refractivity contribution < 1.29 is 19.4 Å². The number of ketones is 1. The lowest BCUT2D eigenvalue weighted by Crippen LogP contribution is -2.27. The van der Waals surface area contributed by atoms with Gasteiger partial charge in [-0.25, -0.2) is 4.79 Å². The van der Waals surface area contributed by atoms with Crippen LogP contribution in [0.25, 0.3) is 0 Å². The molecule has 1 rings (SSSR count). The fourth-order valence-corrected chi connectivity index (χ4v) is 3.68. The third-order valence-corrected chi connectivity index (χ3v) is 5.75. The molecule has 1 N–H and O–H groups in total. The number of aliphatic hydroxyl groups excluding tert-OH is 1. The molecule has 0 aromatic heterocycles. The van der Waals surface area contributed by atoms with Crippen molar-refractivity contribution in [2.45, 2.75) is 78.2 Å². The number of unbranched alkanes of at least 4 members (excludes halogenated alkanes) is 2. The number of hydrogen-bond acceptors (Lipinski definition) is 4. The normalized spacial score (nSPS) is 22.0.